The van der Waals surface area contributed by atoms with Crippen molar-refractivity contribution < 1.29 is 5.11 Å². The first-order valence-corrected chi connectivity index (χ1v) is 9.27. The van der Waals surface area contributed by atoms with E-state index in [2.05, 4.69) is 72.8 Å². The van der Waals surface area contributed by atoms with Gasteiger partial charge in [-0.05, 0) is 52.6 Å². The summed E-state index contributed by atoms with van der Waals surface area (Å²) in [6, 6.07) is 26.2. The summed E-state index contributed by atoms with van der Waals surface area (Å²) >= 11 is 0. The van der Waals surface area contributed by atoms with Crippen molar-refractivity contribution in [3.05, 3.63) is 95.1 Å². The molecule has 0 aliphatic heterocycles. The van der Waals surface area contributed by atoms with Gasteiger partial charge in [0.25, 0.3) is 0 Å². The summed E-state index contributed by atoms with van der Waals surface area (Å²) in [6.45, 7) is 0. The van der Waals surface area contributed by atoms with Gasteiger partial charge in [-0.25, -0.2) is 0 Å². The zero-order valence-electron chi connectivity index (χ0n) is 14.2. The predicted octanol–water partition coefficient (Wildman–Crippen LogP) is 5.28. The Hall–Kier alpha value is -2.38. The first-order chi connectivity index (χ1) is 12.3. The van der Waals surface area contributed by atoms with Gasteiger partial charge in [0.2, 0.25) is 0 Å². The number of hydrogen-bond donors (Lipinski definition) is 1. The Labute approximate surface area is 149 Å². The largest absolute Gasteiger partial charge is 0.392 e. The van der Waals surface area contributed by atoms with E-state index in [-0.39, 0.29) is 12.0 Å². The zero-order valence-corrected chi connectivity index (χ0v) is 14.2. The second-order valence-corrected chi connectivity index (χ2v) is 7.38. The number of hydrogen-bond acceptors (Lipinski definition) is 1. The van der Waals surface area contributed by atoms with Crippen LogP contribution in [0.25, 0.3) is 11.1 Å². The van der Waals surface area contributed by atoms with E-state index in [0.29, 0.717) is 5.92 Å². The summed E-state index contributed by atoms with van der Waals surface area (Å²) in [6.07, 6.45) is 2.69. The predicted molar refractivity (Wildman–Crippen MR) is 102 cm³/mol. The van der Waals surface area contributed by atoms with E-state index in [1.54, 1.807) is 0 Å². The third kappa shape index (κ3) is 2.34. The molecule has 1 heteroatoms. The minimum Gasteiger partial charge on any atom is -0.392 e. The lowest BCUT2D eigenvalue weighted by Gasteiger charge is -2.20. The zero-order chi connectivity index (χ0) is 16.8. The van der Waals surface area contributed by atoms with Gasteiger partial charge in [0.05, 0.1) is 6.10 Å². The van der Waals surface area contributed by atoms with E-state index >= 15 is 0 Å². The number of aliphatic hydroxyl groups excluding tert-OH is 1. The molecule has 2 aliphatic rings. The van der Waals surface area contributed by atoms with Crippen LogP contribution in [0.5, 0.6) is 0 Å². The van der Waals surface area contributed by atoms with Crippen molar-refractivity contribution in [2.45, 2.75) is 37.2 Å². The molecular weight excluding hydrogens is 304 g/mol. The summed E-state index contributed by atoms with van der Waals surface area (Å²) in [5.74, 6) is 0.725. The van der Waals surface area contributed by atoms with Gasteiger partial charge >= 0.3 is 0 Å². The Kier molecular flexibility index (Phi) is 3.50. The number of aliphatic hydroxyl groups is 1. The van der Waals surface area contributed by atoms with E-state index < -0.39 is 0 Å². The molecule has 2 aliphatic carbocycles. The molecule has 0 fully saturated rings. The van der Waals surface area contributed by atoms with Crippen molar-refractivity contribution >= 4 is 0 Å². The molecule has 0 radical (unpaired) electrons. The molecule has 3 aromatic rings. The van der Waals surface area contributed by atoms with Gasteiger partial charge in [-0.3, -0.25) is 0 Å². The molecule has 0 spiro atoms. The van der Waals surface area contributed by atoms with Gasteiger partial charge in [-0.15, -0.1) is 0 Å². The van der Waals surface area contributed by atoms with Gasteiger partial charge in [-0.2, -0.15) is 0 Å². The molecule has 25 heavy (non-hydrogen) atoms. The normalized spacial score (nSPS) is 21.0. The fourth-order valence-electron chi connectivity index (χ4n) is 4.92. The van der Waals surface area contributed by atoms with Gasteiger partial charge in [-0.1, -0.05) is 72.8 Å². The quantitative estimate of drug-likeness (QED) is 0.694. The van der Waals surface area contributed by atoms with Crippen molar-refractivity contribution in [2.75, 3.05) is 0 Å². The van der Waals surface area contributed by atoms with Crippen LogP contribution in [0.1, 0.15) is 46.9 Å². The SMILES string of the molecule is OC1Cc2ccccc2C1CCC1c2ccccc2-c2ccccc21. The Balaban J connectivity index is 1.46. The second kappa shape index (κ2) is 5.86. The van der Waals surface area contributed by atoms with Crippen LogP contribution in [-0.4, -0.2) is 11.2 Å². The average Bonchev–Trinajstić information content (AvgIpc) is 3.14. The molecule has 0 heterocycles. The van der Waals surface area contributed by atoms with Gasteiger partial charge in [0.1, 0.15) is 0 Å². The molecule has 0 aromatic heterocycles. The molecule has 2 unspecified atom stereocenters. The Bertz CT molecular complexity index is 881. The van der Waals surface area contributed by atoms with Crippen molar-refractivity contribution in [2.24, 2.45) is 0 Å². The fraction of sp³-hybridized carbons (Fsp3) is 0.250. The van der Waals surface area contributed by atoms with Crippen LogP contribution in [0.3, 0.4) is 0 Å². The second-order valence-electron chi connectivity index (χ2n) is 7.38. The molecule has 1 N–H and O–H groups in total. The summed E-state index contributed by atoms with van der Waals surface area (Å²) in [4.78, 5) is 0. The van der Waals surface area contributed by atoms with Gasteiger partial charge in [0.15, 0.2) is 0 Å². The Morgan fingerprint density at radius 3 is 1.92 bits per heavy atom. The average molecular weight is 326 g/mol. The van der Waals surface area contributed by atoms with E-state index in [4.69, 9.17) is 0 Å². The first kappa shape index (κ1) is 14.9. The summed E-state index contributed by atoms with van der Waals surface area (Å²) in [5.41, 5.74) is 8.35. The monoisotopic (exact) mass is 326 g/mol. The third-order valence-corrected chi connectivity index (χ3v) is 6.08. The number of fused-ring (bicyclic) bond motifs is 4. The fourth-order valence-corrected chi connectivity index (χ4v) is 4.92. The summed E-state index contributed by atoms with van der Waals surface area (Å²) < 4.78 is 0. The molecule has 0 saturated heterocycles. The van der Waals surface area contributed by atoms with Crippen molar-refractivity contribution in [1.29, 1.82) is 0 Å². The van der Waals surface area contributed by atoms with E-state index in [1.807, 2.05) is 0 Å². The molecule has 0 bridgehead atoms. The van der Waals surface area contributed by atoms with Crippen LogP contribution in [-0.2, 0) is 6.42 Å². The van der Waals surface area contributed by atoms with Crippen molar-refractivity contribution in [1.82, 2.24) is 0 Å². The molecule has 0 amide bonds. The highest BCUT2D eigenvalue weighted by molar-refractivity contribution is 5.78. The molecular formula is C24H22O. The lowest BCUT2D eigenvalue weighted by atomic mass is 9.86. The van der Waals surface area contributed by atoms with E-state index in [9.17, 15) is 5.11 Å². The van der Waals surface area contributed by atoms with Crippen LogP contribution in [0, 0.1) is 0 Å². The van der Waals surface area contributed by atoms with Crippen LogP contribution in [0.4, 0.5) is 0 Å². The minimum absolute atomic E-state index is 0.232. The highest BCUT2D eigenvalue weighted by Gasteiger charge is 2.33. The highest BCUT2D eigenvalue weighted by atomic mass is 16.3. The Morgan fingerprint density at radius 1 is 0.680 bits per heavy atom. The third-order valence-electron chi connectivity index (χ3n) is 6.08. The van der Waals surface area contributed by atoms with Crippen molar-refractivity contribution in [3.63, 3.8) is 0 Å². The molecule has 2 atom stereocenters. The highest BCUT2D eigenvalue weighted by Crippen LogP contribution is 2.48. The van der Waals surface area contributed by atoms with Crippen LogP contribution >= 0.6 is 0 Å². The van der Waals surface area contributed by atoms with Gasteiger partial charge in [0, 0.05) is 11.8 Å². The number of benzene rings is 3. The van der Waals surface area contributed by atoms with Crippen LogP contribution in [0.15, 0.2) is 72.8 Å². The lowest BCUT2D eigenvalue weighted by molar-refractivity contribution is 0.151. The van der Waals surface area contributed by atoms with E-state index in [0.717, 1.165) is 19.3 Å². The smallest absolute Gasteiger partial charge is 0.0649 e. The van der Waals surface area contributed by atoms with Gasteiger partial charge < -0.3 is 5.11 Å². The molecule has 124 valence electrons. The summed E-state index contributed by atoms with van der Waals surface area (Å²) in [7, 11) is 0. The maximum atomic E-state index is 10.6. The topological polar surface area (TPSA) is 20.2 Å². The first-order valence-electron chi connectivity index (χ1n) is 9.27. The standard InChI is InChI=1S/C24H22O/c25-24-15-16-7-1-2-8-17(16)23(24)14-13-22-20-11-5-3-9-18(20)19-10-4-6-12-21(19)22/h1-12,22-25H,13-15H2. The van der Waals surface area contributed by atoms with Crippen molar-refractivity contribution in [3.8, 4) is 11.1 Å². The summed E-state index contributed by atoms with van der Waals surface area (Å²) in [5, 5.41) is 10.6. The van der Waals surface area contributed by atoms with E-state index in [1.165, 1.54) is 33.4 Å². The minimum atomic E-state index is -0.232. The lowest BCUT2D eigenvalue weighted by Crippen LogP contribution is -2.14. The maximum absolute atomic E-state index is 10.6. The molecule has 1 nitrogen and oxygen atoms in total. The van der Waals surface area contributed by atoms with Crippen LogP contribution < -0.4 is 0 Å². The molecule has 3 aromatic carbocycles. The molecule has 0 saturated carbocycles. The number of rotatable bonds is 3. The molecule has 5 rings (SSSR count). The maximum Gasteiger partial charge on any atom is 0.0649 e. The Morgan fingerprint density at radius 2 is 1.24 bits per heavy atom. The van der Waals surface area contributed by atoms with Crippen LogP contribution in [0.2, 0.25) is 0 Å².